The minimum Gasteiger partial charge on any atom is -0.352 e. The van der Waals surface area contributed by atoms with Crippen molar-refractivity contribution in [2.24, 2.45) is 20.0 Å². The predicted molar refractivity (Wildman–Crippen MR) is 135 cm³/mol. The fourth-order valence-corrected chi connectivity index (χ4v) is 4.56. The third-order valence-electron chi connectivity index (χ3n) is 6.16. The molecule has 0 saturated carbocycles. The van der Waals surface area contributed by atoms with Crippen LogP contribution in [-0.2, 0) is 0 Å². The smallest absolute Gasteiger partial charge is 0.129 e. The highest BCUT2D eigenvalue weighted by atomic mass is 15.4. The Hall–Kier alpha value is -4.06. The van der Waals surface area contributed by atoms with Crippen LogP contribution >= 0.6 is 0 Å². The van der Waals surface area contributed by atoms with Crippen LogP contribution in [0.3, 0.4) is 0 Å². The van der Waals surface area contributed by atoms with Gasteiger partial charge in [0, 0.05) is 31.1 Å². The van der Waals surface area contributed by atoms with E-state index < -0.39 is 0 Å². The Balaban J connectivity index is 1.47. The largest absolute Gasteiger partial charge is 0.352 e. The molecule has 6 aliphatic heterocycles. The second-order valence-corrected chi connectivity index (χ2v) is 8.32. The molecule has 6 rings (SSSR count). The molecule has 8 bridgehead atoms. The number of nitrogens with zero attached hydrogens (tertiary/aromatic N) is 6. The van der Waals surface area contributed by atoms with Gasteiger partial charge in [-0.2, -0.15) is 0 Å². The van der Waals surface area contributed by atoms with Gasteiger partial charge in [0.05, 0.1) is 45.6 Å². The van der Waals surface area contributed by atoms with E-state index in [2.05, 4.69) is 53.2 Å². The number of hydrogen-bond donors (Lipinski definition) is 0. The first-order chi connectivity index (χ1) is 16.2. The minimum atomic E-state index is 0.118. The monoisotopic (exact) mass is 432 g/mol. The summed E-state index contributed by atoms with van der Waals surface area (Å²) >= 11 is 0. The van der Waals surface area contributed by atoms with E-state index >= 15 is 0 Å². The zero-order chi connectivity index (χ0) is 22.4. The summed E-state index contributed by atoms with van der Waals surface area (Å²) in [6.07, 6.45) is 26.9. The van der Waals surface area contributed by atoms with Gasteiger partial charge in [-0.25, -0.2) is 20.0 Å². The Morgan fingerprint density at radius 2 is 1.06 bits per heavy atom. The van der Waals surface area contributed by atoms with E-state index in [0.717, 1.165) is 58.7 Å². The van der Waals surface area contributed by atoms with E-state index in [-0.39, 0.29) is 6.17 Å². The standard InChI is InChI=1S/C27H24N6/c1-3-32-11-12-33(4-2)27(32)25-16-24-15-22-8-7-20(29-22)13-18-5-6-19(28-18)14-21-9-10-23(30-21)17-26(25)31-24/h5-17,27H,3-4H2,1-2H3. The first kappa shape index (κ1) is 19.6. The topological polar surface area (TPSA) is 55.9 Å². The van der Waals surface area contributed by atoms with Crippen molar-refractivity contribution in [2.45, 2.75) is 20.0 Å². The second kappa shape index (κ2) is 7.81. The van der Waals surface area contributed by atoms with E-state index in [1.54, 1.807) is 0 Å². The molecule has 162 valence electrons. The number of likely N-dealkylation sites (N-methyl/N-ethyl adjacent to an activating group) is 2. The fourth-order valence-electron chi connectivity index (χ4n) is 4.56. The predicted octanol–water partition coefficient (Wildman–Crippen LogP) is 4.40. The van der Waals surface area contributed by atoms with Crippen molar-refractivity contribution in [3.63, 3.8) is 0 Å². The molecular weight excluding hydrogens is 408 g/mol. The molecule has 0 atom stereocenters. The molecule has 0 aliphatic carbocycles. The molecule has 0 saturated heterocycles. The van der Waals surface area contributed by atoms with Gasteiger partial charge in [-0.1, -0.05) is 0 Å². The lowest BCUT2D eigenvalue weighted by Gasteiger charge is -2.32. The molecule has 0 aromatic rings. The summed E-state index contributed by atoms with van der Waals surface area (Å²) in [4.78, 5) is 23.9. The van der Waals surface area contributed by atoms with Gasteiger partial charge in [-0.15, -0.1) is 0 Å². The minimum absolute atomic E-state index is 0.118. The molecule has 0 fully saturated rings. The first-order valence-electron chi connectivity index (χ1n) is 11.4. The van der Waals surface area contributed by atoms with Crippen molar-refractivity contribution in [2.75, 3.05) is 13.1 Å². The van der Waals surface area contributed by atoms with Gasteiger partial charge in [0.2, 0.25) is 0 Å². The van der Waals surface area contributed by atoms with E-state index in [0.29, 0.717) is 0 Å². The van der Waals surface area contributed by atoms with Crippen LogP contribution in [0.5, 0.6) is 0 Å². The van der Waals surface area contributed by atoms with E-state index in [1.807, 2.05) is 54.7 Å². The summed E-state index contributed by atoms with van der Waals surface area (Å²) in [6, 6.07) is 0. The zero-order valence-corrected chi connectivity index (χ0v) is 18.7. The molecule has 33 heavy (non-hydrogen) atoms. The summed E-state index contributed by atoms with van der Waals surface area (Å²) in [6.45, 7) is 6.21. The maximum absolute atomic E-state index is 5.00. The first-order valence-corrected chi connectivity index (χ1v) is 11.4. The number of aliphatic imine (C=N–C) groups is 4. The summed E-state index contributed by atoms with van der Waals surface area (Å²) in [7, 11) is 0. The van der Waals surface area contributed by atoms with Crippen LogP contribution in [-0.4, -0.2) is 51.9 Å². The van der Waals surface area contributed by atoms with Crippen molar-refractivity contribution in [3.05, 3.63) is 108 Å². The quantitative estimate of drug-likeness (QED) is 0.664. The van der Waals surface area contributed by atoms with E-state index in [4.69, 9.17) is 15.0 Å². The lowest BCUT2D eigenvalue weighted by atomic mass is 10.1. The number of hydrogen-bond acceptors (Lipinski definition) is 6. The molecule has 0 aromatic carbocycles. The Kier molecular flexibility index (Phi) is 4.64. The lowest BCUT2D eigenvalue weighted by molar-refractivity contribution is 0.204. The lowest BCUT2D eigenvalue weighted by Crippen LogP contribution is -2.41. The highest BCUT2D eigenvalue weighted by Gasteiger charge is 2.32. The van der Waals surface area contributed by atoms with Crippen molar-refractivity contribution < 1.29 is 0 Å². The summed E-state index contributed by atoms with van der Waals surface area (Å²) in [5, 5.41) is 0. The highest BCUT2D eigenvalue weighted by Crippen LogP contribution is 2.30. The van der Waals surface area contributed by atoms with Gasteiger partial charge in [-0.05, 0) is 80.7 Å². The Bertz CT molecular complexity index is 1320. The molecule has 6 heterocycles. The Morgan fingerprint density at radius 3 is 1.58 bits per heavy atom. The molecule has 6 heteroatoms. The second-order valence-electron chi connectivity index (χ2n) is 8.32. The van der Waals surface area contributed by atoms with Crippen molar-refractivity contribution in [1.82, 2.24) is 9.80 Å². The summed E-state index contributed by atoms with van der Waals surface area (Å²) < 4.78 is 0. The number of rotatable bonds is 3. The molecule has 0 aromatic heterocycles. The van der Waals surface area contributed by atoms with Gasteiger partial charge in [0.15, 0.2) is 0 Å². The molecule has 6 nitrogen and oxygen atoms in total. The maximum atomic E-state index is 5.00. The summed E-state index contributed by atoms with van der Waals surface area (Å²) in [5.41, 5.74) is 8.35. The molecule has 6 aliphatic rings. The third-order valence-corrected chi connectivity index (χ3v) is 6.16. The molecule has 0 spiro atoms. The average Bonchev–Trinajstić information content (AvgIpc) is 3.61. The van der Waals surface area contributed by atoms with Gasteiger partial charge in [-0.3, -0.25) is 0 Å². The van der Waals surface area contributed by atoms with Gasteiger partial charge in [0.1, 0.15) is 6.17 Å². The normalized spacial score (nSPS) is 22.8. The van der Waals surface area contributed by atoms with Gasteiger partial charge < -0.3 is 9.80 Å². The molecular formula is C27H24N6. The van der Waals surface area contributed by atoms with E-state index in [9.17, 15) is 0 Å². The van der Waals surface area contributed by atoms with Crippen LogP contribution in [0.1, 0.15) is 13.8 Å². The van der Waals surface area contributed by atoms with Crippen LogP contribution < -0.4 is 0 Å². The van der Waals surface area contributed by atoms with Crippen LogP contribution in [0, 0.1) is 0 Å². The van der Waals surface area contributed by atoms with E-state index in [1.165, 1.54) is 5.57 Å². The Labute approximate surface area is 193 Å². The van der Waals surface area contributed by atoms with Crippen molar-refractivity contribution in [1.29, 1.82) is 0 Å². The molecule has 0 radical (unpaired) electrons. The molecule has 0 N–H and O–H groups in total. The average molecular weight is 433 g/mol. The van der Waals surface area contributed by atoms with Gasteiger partial charge in [0.25, 0.3) is 0 Å². The zero-order valence-electron chi connectivity index (χ0n) is 18.7. The van der Waals surface area contributed by atoms with Crippen LogP contribution in [0.25, 0.3) is 0 Å². The SMILES string of the molecule is CCN1C=CN(CC)C1C1=CC2=CC3=NC(=CC4=NC(=CC5=NC(=CC1=N2)C=C5)C=C4)C=C3. The van der Waals surface area contributed by atoms with Crippen LogP contribution in [0.4, 0.5) is 0 Å². The fraction of sp³-hybridized carbons (Fsp3) is 0.185. The number of fused-ring (bicyclic) bond motifs is 4. The third kappa shape index (κ3) is 3.63. The van der Waals surface area contributed by atoms with Crippen LogP contribution in [0.2, 0.25) is 0 Å². The van der Waals surface area contributed by atoms with Crippen molar-refractivity contribution in [3.8, 4) is 0 Å². The van der Waals surface area contributed by atoms with Crippen molar-refractivity contribution >= 4 is 22.8 Å². The highest BCUT2D eigenvalue weighted by molar-refractivity contribution is 6.16. The Morgan fingerprint density at radius 1 is 0.576 bits per heavy atom. The number of allylic oxidation sites excluding steroid dienone is 11. The molecule has 0 unspecified atom stereocenters. The summed E-state index contributed by atoms with van der Waals surface area (Å²) in [5.74, 6) is 0. The van der Waals surface area contributed by atoms with Crippen LogP contribution in [0.15, 0.2) is 128 Å². The van der Waals surface area contributed by atoms with Gasteiger partial charge >= 0.3 is 0 Å². The molecule has 0 amide bonds. The maximum Gasteiger partial charge on any atom is 0.129 e.